The molecule has 0 N–H and O–H groups in total. The summed E-state index contributed by atoms with van der Waals surface area (Å²) >= 11 is 0. The molecule has 0 amide bonds. The summed E-state index contributed by atoms with van der Waals surface area (Å²) in [5, 5.41) is 4.45. The van der Waals surface area contributed by atoms with Crippen molar-refractivity contribution < 1.29 is 8.42 Å². The second-order valence-corrected chi connectivity index (χ2v) is 8.81. The molecule has 1 saturated heterocycles. The van der Waals surface area contributed by atoms with E-state index in [1.807, 2.05) is 16.8 Å². The minimum Gasteiger partial charge on any atom is -0.303 e. The van der Waals surface area contributed by atoms with Gasteiger partial charge in [-0.15, -0.1) is 0 Å². The van der Waals surface area contributed by atoms with E-state index in [1.165, 1.54) is 12.8 Å². The van der Waals surface area contributed by atoms with Crippen LogP contribution in [0.25, 0.3) is 0 Å². The predicted molar refractivity (Wildman–Crippen MR) is 95.6 cm³/mol. The Labute approximate surface area is 149 Å². The fraction of sp³-hybridized carbons (Fsp3) is 0.500. The number of aromatic nitrogens is 2. The van der Waals surface area contributed by atoms with Crippen LogP contribution in [0.4, 0.5) is 0 Å². The number of likely N-dealkylation sites (tertiary alicyclic amines) is 1. The van der Waals surface area contributed by atoms with E-state index in [0.717, 1.165) is 31.7 Å². The summed E-state index contributed by atoms with van der Waals surface area (Å²) in [5.74, 6) is 0. The van der Waals surface area contributed by atoms with Gasteiger partial charge in [-0.25, -0.2) is 8.42 Å². The van der Waals surface area contributed by atoms with Gasteiger partial charge in [-0.1, -0.05) is 18.2 Å². The van der Waals surface area contributed by atoms with Crippen LogP contribution >= 0.6 is 0 Å². The van der Waals surface area contributed by atoms with E-state index in [-0.39, 0.29) is 6.04 Å². The zero-order valence-electron chi connectivity index (χ0n) is 14.3. The number of rotatable bonds is 5. The number of nitrogens with zero attached hydrogens (tertiary/aromatic N) is 4. The summed E-state index contributed by atoms with van der Waals surface area (Å²) in [6, 6.07) is 10.7. The van der Waals surface area contributed by atoms with Crippen molar-refractivity contribution in [2.24, 2.45) is 0 Å². The van der Waals surface area contributed by atoms with Gasteiger partial charge in [0.1, 0.15) is 0 Å². The van der Waals surface area contributed by atoms with Crippen molar-refractivity contribution in [2.75, 3.05) is 26.2 Å². The maximum atomic E-state index is 13.0. The number of fused-ring (bicyclic) bond motifs is 1. The Hall–Kier alpha value is -1.70. The molecule has 2 aliphatic heterocycles. The van der Waals surface area contributed by atoms with Gasteiger partial charge in [0.2, 0.25) is 10.0 Å². The van der Waals surface area contributed by atoms with Gasteiger partial charge >= 0.3 is 0 Å². The first-order valence-corrected chi connectivity index (χ1v) is 10.4. The van der Waals surface area contributed by atoms with Crippen LogP contribution in [0.5, 0.6) is 0 Å². The molecule has 2 aliphatic rings. The monoisotopic (exact) mass is 360 g/mol. The maximum Gasteiger partial charge on any atom is 0.243 e. The molecule has 0 unspecified atom stereocenters. The topological polar surface area (TPSA) is 58.4 Å². The maximum absolute atomic E-state index is 13.0. The van der Waals surface area contributed by atoms with Crippen molar-refractivity contribution in [3.05, 3.63) is 48.3 Å². The fourth-order valence-electron chi connectivity index (χ4n) is 3.83. The van der Waals surface area contributed by atoms with E-state index in [1.54, 1.807) is 34.8 Å². The lowest BCUT2D eigenvalue weighted by atomic mass is 10.1. The standard InChI is InChI=1S/C18H24N4O2S/c23-25(24,18-6-2-1-3-7-18)21-14-16-8-10-19-22(16)17(15-21)9-13-20-11-4-5-12-20/h1-3,6-8,10,17H,4-5,9,11-15H2/t17-/m1/s1. The highest BCUT2D eigenvalue weighted by Gasteiger charge is 2.33. The van der Waals surface area contributed by atoms with Crippen molar-refractivity contribution in [3.63, 3.8) is 0 Å². The van der Waals surface area contributed by atoms with E-state index in [2.05, 4.69) is 10.00 Å². The zero-order valence-corrected chi connectivity index (χ0v) is 15.1. The molecule has 1 aromatic heterocycles. The van der Waals surface area contributed by atoms with Gasteiger partial charge < -0.3 is 4.90 Å². The van der Waals surface area contributed by atoms with E-state index in [4.69, 9.17) is 0 Å². The highest BCUT2D eigenvalue weighted by Crippen LogP contribution is 2.28. The Balaban J connectivity index is 1.55. The van der Waals surface area contributed by atoms with Gasteiger partial charge in [-0.2, -0.15) is 9.40 Å². The Morgan fingerprint density at radius 2 is 1.84 bits per heavy atom. The molecule has 25 heavy (non-hydrogen) atoms. The molecule has 6 nitrogen and oxygen atoms in total. The highest BCUT2D eigenvalue weighted by atomic mass is 32.2. The summed E-state index contributed by atoms with van der Waals surface area (Å²) in [5.41, 5.74) is 0.970. The Kier molecular flexibility index (Phi) is 4.62. The number of hydrogen-bond acceptors (Lipinski definition) is 4. The molecule has 1 fully saturated rings. The van der Waals surface area contributed by atoms with Crippen molar-refractivity contribution in [1.29, 1.82) is 0 Å². The third-order valence-corrected chi connectivity index (χ3v) is 7.03. The summed E-state index contributed by atoms with van der Waals surface area (Å²) in [4.78, 5) is 2.83. The quantitative estimate of drug-likeness (QED) is 0.819. The molecule has 3 heterocycles. The van der Waals surface area contributed by atoms with Gasteiger partial charge in [0.25, 0.3) is 0 Å². The molecular formula is C18H24N4O2S. The van der Waals surface area contributed by atoms with Crippen molar-refractivity contribution in [2.45, 2.75) is 36.7 Å². The average molecular weight is 360 g/mol. The van der Waals surface area contributed by atoms with E-state index < -0.39 is 10.0 Å². The van der Waals surface area contributed by atoms with Crippen LogP contribution in [0, 0.1) is 0 Å². The number of sulfonamides is 1. The third-order valence-electron chi connectivity index (χ3n) is 5.21. The molecular weight excluding hydrogens is 336 g/mol. The SMILES string of the molecule is O=S(=O)(c1ccccc1)N1Cc2ccnn2[C@H](CCN2CCCC2)C1. The van der Waals surface area contributed by atoms with Crippen LogP contribution in [-0.2, 0) is 16.6 Å². The smallest absolute Gasteiger partial charge is 0.243 e. The van der Waals surface area contributed by atoms with E-state index in [9.17, 15) is 8.42 Å². The highest BCUT2D eigenvalue weighted by molar-refractivity contribution is 7.89. The van der Waals surface area contributed by atoms with Crippen LogP contribution in [-0.4, -0.2) is 53.6 Å². The number of benzene rings is 1. The number of hydrogen-bond donors (Lipinski definition) is 0. The lowest BCUT2D eigenvalue weighted by Crippen LogP contribution is -2.42. The third kappa shape index (κ3) is 3.36. The second-order valence-electron chi connectivity index (χ2n) is 6.87. The molecule has 7 heteroatoms. The molecule has 0 bridgehead atoms. The first-order chi connectivity index (χ1) is 12.1. The summed E-state index contributed by atoms with van der Waals surface area (Å²) < 4.78 is 29.6. The van der Waals surface area contributed by atoms with Crippen molar-refractivity contribution in [3.8, 4) is 0 Å². The molecule has 1 aromatic carbocycles. The first kappa shape index (κ1) is 16.8. The lowest BCUT2D eigenvalue weighted by Gasteiger charge is -2.34. The lowest BCUT2D eigenvalue weighted by molar-refractivity contribution is 0.226. The fourth-order valence-corrected chi connectivity index (χ4v) is 5.30. The van der Waals surface area contributed by atoms with Gasteiger partial charge in [-0.05, 0) is 50.6 Å². The van der Waals surface area contributed by atoms with Crippen molar-refractivity contribution >= 4 is 10.0 Å². The first-order valence-electron chi connectivity index (χ1n) is 8.94. The van der Waals surface area contributed by atoms with Crippen LogP contribution in [0.1, 0.15) is 31.0 Å². The molecule has 0 aliphatic carbocycles. The van der Waals surface area contributed by atoms with Crippen LogP contribution < -0.4 is 0 Å². The normalized spacial score (nSPS) is 22.2. The summed E-state index contributed by atoms with van der Waals surface area (Å²) in [6.45, 7) is 4.19. The Bertz CT molecular complexity index is 813. The summed E-state index contributed by atoms with van der Waals surface area (Å²) in [7, 11) is -3.47. The van der Waals surface area contributed by atoms with Crippen LogP contribution in [0.3, 0.4) is 0 Å². The molecule has 4 rings (SSSR count). The average Bonchev–Trinajstić information content (AvgIpc) is 3.31. The molecule has 1 atom stereocenters. The van der Waals surface area contributed by atoms with Gasteiger partial charge in [0, 0.05) is 19.3 Å². The molecule has 0 saturated carbocycles. The van der Waals surface area contributed by atoms with Gasteiger partial charge in [0.05, 0.1) is 23.2 Å². The molecule has 0 spiro atoms. The minimum atomic E-state index is -3.47. The van der Waals surface area contributed by atoms with Gasteiger partial charge in [-0.3, -0.25) is 4.68 Å². The summed E-state index contributed by atoms with van der Waals surface area (Å²) in [6.07, 6.45) is 5.24. The molecule has 0 radical (unpaired) electrons. The Morgan fingerprint density at radius 1 is 1.08 bits per heavy atom. The largest absolute Gasteiger partial charge is 0.303 e. The zero-order chi connectivity index (χ0) is 17.3. The Morgan fingerprint density at radius 3 is 2.60 bits per heavy atom. The second kappa shape index (κ2) is 6.90. The van der Waals surface area contributed by atoms with E-state index >= 15 is 0 Å². The van der Waals surface area contributed by atoms with E-state index in [0.29, 0.717) is 18.0 Å². The molecule has 134 valence electrons. The van der Waals surface area contributed by atoms with Crippen molar-refractivity contribution in [1.82, 2.24) is 19.0 Å². The minimum absolute atomic E-state index is 0.0952. The van der Waals surface area contributed by atoms with Crippen LogP contribution in [0.15, 0.2) is 47.5 Å². The molecule has 2 aromatic rings. The van der Waals surface area contributed by atoms with Gasteiger partial charge in [0.15, 0.2) is 0 Å². The van der Waals surface area contributed by atoms with Crippen LogP contribution in [0.2, 0.25) is 0 Å². The predicted octanol–water partition coefficient (Wildman–Crippen LogP) is 2.11.